The normalized spacial score (nSPS) is 17.4. The van der Waals surface area contributed by atoms with Crippen molar-refractivity contribution in [3.63, 3.8) is 0 Å². The molecule has 0 aliphatic carbocycles. The van der Waals surface area contributed by atoms with Gasteiger partial charge in [0.2, 0.25) is 11.8 Å². The van der Waals surface area contributed by atoms with E-state index in [1.54, 1.807) is 0 Å². The van der Waals surface area contributed by atoms with Crippen molar-refractivity contribution >= 4 is 22.6 Å². The summed E-state index contributed by atoms with van der Waals surface area (Å²) >= 11 is 0. The monoisotopic (exact) mass is 548 g/mol. The Morgan fingerprint density at radius 2 is 1.56 bits per heavy atom. The summed E-state index contributed by atoms with van der Waals surface area (Å²) in [7, 11) is 0. The molecule has 6 heteroatoms. The standard InChI is InChI=1S/C35H40N4O2/c36-20-7-6-12-33-35(41)39(25-27-15-18-29-10-4-5-11-31(29)22-27)21-19-32(38-33)24-37-34(40)23-26-13-16-30(17-14-26)28-8-2-1-3-9-28/h1-5,8-11,13-18,22,32-33,38H,6-7,12,19-21,23-25,36H2,(H,37,40). The number of carbonyl (C=O) groups excluding carboxylic acids is 2. The van der Waals surface area contributed by atoms with Crippen molar-refractivity contribution in [3.8, 4) is 11.1 Å². The van der Waals surface area contributed by atoms with E-state index in [0.29, 0.717) is 32.6 Å². The molecule has 5 rings (SSSR count). The van der Waals surface area contributed by atoms with E-state index in [-0.39, 0.29) is 23.9 Å². The van der Waals surface area contributed by atoms with Crippen molar-refractivity contribution in [2.24, 2.45) is 5.73 Å². The van der Waals surface area contributed by atoms with Gasteiger partial charge in [0, 0.05) is 25.7 Å². The third-order valence-electron chi connectivity index (χ3n) is 7.90. The molecule has 0 aromatic heterocycles. The average molecular weight is 549 g/mol. The fourth-order valence-electron chi connectivity index (χ4n) is 5.59. The van der Waals surface area contributed by atoms with Gasteiger partial charge >= 0.3 is 0 Å². The summed E-state index contributed by atoms with van der Waals surface area (Å²) in [4.78, 5) is 28.4. The first-order valence-electron chi connectivity index (χ1n) is 14.7. The first kappa shape index (κ1) is 28.5. The highest BCUT2D eigenvalue weighted by Crippen LogP contribution is 2.21. The van der Waals surface area contributed by atoms with E-state index >= 15 is 0 Å². The fraction of sp³-hybridized carbons (Fsp3) is 0.314. The molecule has 1 fully saturated rings. The lowest BCUT2D eigenvalue weighted by molar-refractivity contribution is -0.133. The lowest BCUT2D eigenvalue weighted by Gasteiger charge is -2.25. The zero-order valence-electron chi connectivity index (χ0n) is 23.6. The predicted octanol–water partition coefficient (Wildman–Crippen LogP) is 5.05. The molecule has 4 N–H and O–H groups in total. The van der Waals surface area contributed by atoms with Gasteiger partial charge in [0.05, 0.1) is 12.5 Å². The second-order valence-corrected chi connectivity index (χ2v) is 11.0. The first-order chi connectivity index (χ1) is 20.1. The molecule has 6 nitrogen and oxygen atoms in total. The van der Waals surface area contributed by atoms with Gasteiger partial charge in [-0.15, -0.1) is 0 Å². The number of carbonyl (C=O) groups is 2. The lowest BCUT2D eigenvalue weighted by Crippen LogP contribution is -2.48. The zero-order chi connectivity index (χ0) is 28.4. The Bertz CT molecular complexity index is 1440. The van der Waals surface area contributed by atoms with Crippen LogP contribution in [0.4, 0.5) is 0 Å². The number of nitrogens with zero attached hydrogens (tertiary/aromatic N) is 1. The number of nitrogens with one attached hydrogen (secondary N) is 2. The van der Waals surface area contributed by atoms with Crippen LogP contribution >= 0.6 is 0 Å². The molecule has 212 valence electrons. The highest BCUT2D eigenvalue weighted by molar-refractivity contribution is 5.84. The number of unbranched alkanes of at least 4 members (excludes halogenated alkanes) is 1. The van der Waals surface area contributed by atoms with Gasteiger partial charge in [0.15, 0.2) is 0 Å². The minimum Gasteiger partial charge on any atom is -0.354 e. The molecule has 0 radical (unpaired) electrons. The number of benzene rings is 4. The van der Waals surface area contributed by atoms with E-state index < -0.39 is 0 Å². The molecule has 0 bridgehead atoms. The second-order valence-electron chi connectivity index (χ2n) is 11.0. The number of rotatable bonds is 11. The molecular formula is C35H40N4O2. The number of hydrogen-bond acceptors (Lipinski definition) is 4. The molecule has 0 saturated carbocycles. The molecule has 4 aromatic rings. The van der Waals surface area contributed by atoms with Crippen LogP contribution in [-0.4, -0.2) is 48.4 Å². The first-order valence-corrected chi connectivity index (χ1v) is 14.7. The Morgan fingerprint density at radius 1 is 0.854 bits per heavy atom. The Labute approximate surface area is 242 Å². The maximum atomic E-state index is 13.6. The van der Waals surface area contributed by atoms with E-state index in [9.17, 15) is 9.59 Å². The van der Waals surface area contributed by atoms with Crippen LogP contribution in [0.2, 0.25) is 0 Å². The third kappa shape index (κ3) is 7.81. The molecule has 2 unspecified atom stereocenters. The topological polar surface area (TPSA) is 87.5 Å². The summed E-state index contributed by atoms with van der Waals surface area (Å²) in [5, 5.41) is 9.06. The molecule has 2 amide bonds. The lowest BCUT2D eigenvalue weighted by atomic mass is 10.0. The number of hydrogen-bond donors (Lipinski definition) is 3. The van der Waals surface area contributed by atoms with Gasteiger partial charge in [-0.25, -0.2) is 0 Å². The van der Waals surface area contributed by atoms with Gasteiger partial charge in [0.25, 0.3) is 0 Å². The maximum absolute atomic E-state index is 13.6. The molecule has 4 aromatic carbocycles. The molecule has 1 aliphatic rings. The molecular weight excluding hydrogens is 508 g/mol. The van der Waals surface area contributed by atoms with Crippen LogP contribution in [0.5, 0.6) is 0 Å². The quantitative estimate of drug-likeness (QED) is 0.229. The van der Waals surface area contributed by atoms with Gasteiger partial charge in [0.1, 0.15) is 0 Å². The summed E-state index contributed by atoms with van der Waals surface area (Å²) in [6.07, 6.45) is 3.62. The Balaban J connectivity index is 1.19. The number of amides is 2. The highest BCUT2D eigenvalue weighted by Gasteiger charge is 2.30. The van der Waals surface area contributed by atoms with Gasteiger partial charge < -0.3 is 21.3 Å². The molecule has 1 saturated heterocycles. The number of nitrogens with two attached hydrogens (primary N) is 1. The van der Waals surface area contributed by atoms with Crippen molar-refractivity contribution in [1.29, 1.82) is 0 Å². The highest BCUT2D eigenvalue weighted by atomic mass is 16.2. The van der Waals surface area contributed by atoms with Crippen LogP contribution in [0.1, 0.15) is 36.8 Å². The van der Waals surface area contributed by atoms with Crippen molar-refractivity contribution in [3.05, 3.63) is 108 Å². The SMILES string of the molecule is NCCCCC1NC(CNC(=O)Cc2ccc(-c3ccccc3)cc2)CCN(Cc2ccc3ccccc3c2)C1=O. The zero-order valence-corrected chi connectivity index (χ0v) is 23.6. The van der Waals surface area contributed by atoms with E-state index in [1.165, 1.54) is 10.8 Å². The fourth-order valence-corrected chi connectivity index (χ4v) is 5.59. The van der Waals surface area contributed by atoms with Gasteiger partial charge in [-0.05, 0) is 64.9 Å². The van der Waals surface area contributed by atoms with E-state index in [1.807, 2.05) is 47.4 Å². The third-order valence-corrected chi connectivity index (χ3v) is 7.90. The summed E-state index contributed by atoms with van der Waals surface area (Å²) < 4.78 is 0. The molecule has 2 atom stereocenters. The molecule has 41 heavy (non-hydrogen) atoms. The van der Waals surface area contributed by atoms with Crippen molar-refractivity contribution in [2.45, 2.75) is 50.7 Å². The van der Waals surface area contributed by atoms with Gasteiger partial charge in [-0.3, -0.25) is 9.59 Å². The van der Waals surface area contributed by atoms with Crippen LogP contribution in [0, 0.1) is 0 Å². The largest absolute Gasteiger partial charge is 0.354 e. The summed E-state index contributed by atoms with van der Waals surface area (Å²) in [5.41, 5.74) is 10.1. The summed E-state index contributed by atoms with van der Waals surface area (Å²) in [5.74, 6) is 0.116. The van der Waals surface area contributed by atoms with E-state index in [2.05, 4.69) is 65.2 Å². The molecule has 0 spiro atoms. The van der Waals surface area contributed by atoms with Crippen molar-refractivity contribution < 1.29 is 9.59 Å². The Hall–Kier alpha value is -4.00. The summed E-state index contributed by atoms with van der Waals surface area (Å²) in [6, 6.07) is 32.8. The van der Waals surface area contributed by atoms with Crippen LogP contribution in [-0.2, 0) is 22.6 Å². The minimum atomic E-state index is -0.281. The average Bonchev–Trinajstić information content (AvgIpc) is 3.15. The van der Waals surface area contributed by atoms with Crippen molar-refractivity contribution in [2.75, 3.05) is 19.6 Å². The van der Waals surface area contributed by atoms with Gasteiger partial charge in [-0.1, -0.05) is 97.4 Å². The maximum Gasteiger partial charge on any atom is 0.240 e. The second kappa shape index (κ2) is 14.1. The van der Waals surface area contributed by atoms with E-state index in [0.717, 1.165) is 47.9 Å². The van der Waals surface area contributed by atoms with Crippen LogP contribution in [0.3, 0.4) is 0 Å². The predicted molar refractivity (Wildman–Crippen MR) is 166 cm³/mol. The van der Waals surface area contributed by atoms with Crippen LogP contribution < -0.4 is 16.4 Å². The van der Waals surface area contributed by atoms with Crippen LogP contribution in [0.25, 0.3) is 21.9 Å². The molecule has 1 aliphatic heterocycles. The summed E-state index contributed by atoms with van der Waals surface area (Å²) in [6.45, 7) is 2.34. The smallest absolute Gasteiger partial charge is 0.240 e. The van der Waals surface area contributed by atoms with Crippen molar-refractivity contribution in [1.82, 2.24) is 15.5 Å². The van der Waals surface area contributed by atoms with Gasteiger partial charge in [-0.2, -0.15) is 0 Å². The minimum absolute atomic E-state index is 0.0115. The molecule has 1 heterocycles. The Morgan fingerprint density at radius 3 is 2.34 bits per heavy atom. The van der Waals surface area contributed by atoms with Crippen LogP contribution in [0.15, 0.2) is 97.1 Å². The van der Waals surface area contributed by atoms with E-state index in [4.69, 9.17) is 5.73 Å². The Kier molecular flexibility index (Phi) is 9.78. The number of fused-ring (bicyclic) bond motifs is 1.